The molecule has 0 spiro atoms. The topological polar surface area (TPSA) is 46.1 Å². The zero-order chi connectivity index (χ0) is 21.8. The van der Waals surface area contributed by atoms with Gasteiger partial charge in [0.1, 0.15) is 5.01 Å². The summed E-state index contributed by atoms with van der Waals surface area (Å²) in [4.78, 5) is 24.7. The fraction of sp³-hybridized carbons (Fsp3) is 0.115. The number of rotatable bonds is 5. The Morgan fingerprint density at radius 1 is 0.969 bits per heavy atom. The first-order valence-corrected chi connectivity index (χ1v) is 12.3. The monoisotopic (exact) mass is 455 g/mol. The van der Waals surface area contributed by atoms with Crippen LogP contribution < -0.4 is 0 Å². The molecule has 2 aromatic heterocycles. The van der Waals surface area contributed by atoms with Gasteiger partial charge in [0.15, 0.2) is 0 Å². The highest BCUT2D eigenvalue weighted by molar-refractivity contribution is 8.03. The smallest absolute Gasteiger partial charge is 0.239 e. The Labute approximate surface area is 195 Å². The molecule has 0 aliphatic carbocycles. The van der Waals surface area contributed by atoms with Crippen LogP contribution in [0.25, 0.3) is 16.6 Å². The maximum absolute atomic E-state index is 13.8. The van der Waals surface area contributed by atoms with Gasteiger partial charge in [0.05, 0.1) is 16.6 Å². The van der Waals surface area contributed by atoms with Crippen molar-refractivity contribution in [2.75, 3.05) is 12.3 Å². The molecule has 1 saturated heterocycles. The highest BCUT2D eigenvalue weighted by atomic mass is 32.2. The SMILES string of the molecule is O=C(C(c1ccccc1)c1ccccc1)N1CCS/C1=C/c1csc(-c2cccnc2)n1. The Morgan fingerprint density at radius 3 is 2.34 bits per heavy atom. The fourth-order valence-electron chi connectivity index (χ4n) is 3.79. The van der Waals surface area contributed by atoms with Crippen molar-refractivity contribution in [3.8, 4) is 10.6 Å². The summed E-state index contributed by atoms with van der Waals surface area (Å²) in [6.07, 6.45) is 5.60. The van der Waals surface area contributed by atoms with Gasteiger partial charge in [-0.2, -0.15) is 0 Å². The normalized spacial score (nSPS) is 14.9. The largest absolute Gasteiger partial charge is 0.305 e. The van der Waals surface area contributed by atoms with Crippen LogP contribution in [0, 0.1) is 0 Å². The van der Waals surface area contributed by atoms with E-state index in [4.69, 9.17) is 4.98 Å². The zero-order valence-corrected chi connectivity index (χ0v) is 18.9. The molecule has 32 heavy (non-hydrogen) atoms. The van der Waals surface area contributed by atoms with Gasteiger partial charge in [0, 0.05) is 35.6 Å². The van der Waals surface area contributed by atoms with Gasteiger partial charge < -0.3 is 4.90 Å². The molecule has 1 fully saturated rings. The van der Waals surface area contributed by atoms with Crippen LogP contribution in [0.1, 0.15) is 22.7 Å². The molecule has 5 rings (SSSR count). The molecule has 0 bridgehead atoms. The number of aromatic nitrogens is 2. The number of hydrogen-bond donors (Lipinski definition) is 0. The maximum Gasteiger partial charge on any atom is 0.239 e. The van der Waals surface area contributed by atoms with E-state index in [1.165, 1.54) is 0 Å². The predicted molar refractivity (Wildman–Crippen MR) is 132 cm³/mol. The Morgan fingerprint density at radius 2 is 1.69 bits per heavy atom. The van der Waals surface area contributed by atoms with Crippen molar-refractivity contribution >= 4 is 35.1 Å². The number of hydrogen-bond acceptors (Lipinski definition) is 5. The highest BCUT2D eigenvalue weighted by Crippen LogP contribution is 2.36. The summed E-state index contributed by atoms with van der Waals surface area (Å²) >= 11 is 3.29. The number of thiazole rings is 1. The molecule has 0 unspecified atom stereocenters. The van der Waals surface area contributed by atoms with Crippen molar-refractivity contribution < 1.29 is 4.79 Å². The second kappa shape index (κ2) is 9.51. The van der Waals surface area contributed by atoms with E-state index in [1.807, 2.05) is 95.3 Å². The molecular formula is C26H21N3OS2. The number of carbonyl (C=O) groups excluding carboxylic acids is 1. The van der Waals surface area contributed by atoms with E-state index in [-0.39, 0.29) is 11.8 Å². The molecule has 158 valence electrons. The standard InChI is InChI=1S/C26H21N3OS2/c30-26(24(19-8-3-1-4-9-19)20-10-5-2-6-11-20)29-14-15-31-23(29)16-22-18-32-25(28-22)21-12-7-13-27-17-21/h1-13,16-18,24H,14-15H2/b23-16+. The van der Waals surface area contributed by atoms with Gasteiger partial charge in [0.2, 0.25) is 5.91 Å². The van der Waals surface area contributed by atoms with E-state index in [1.54, 1.807) is 29.3 Å². The average Bonchev–Trinajstić information content (AvgIpc) is 3.51. The Kier molecular flexibility index (Phi) is 6.14. The minimum Gasteiger partial charge on any atom is -0.305 e. The molecule has 2 aromatic carbocycles. The molecule has 0 radical (unpaired) electrons. The number of amides is 1. The van der Waals surface area contributed by atoms with Gasteiger partial charge in [0.25, 0.3) is 0 Å². The van der Waals surface area contributed by atoms with E-state index in [2.05, 4.69) is 4.98 Å². The molecule has 3 heterocycles. The quantitative estimate of drug-likeness (QED) is 0.375. The van der Waals surface area contributed by atoms with Crippen LogP contribution in [-0.2, 0) is 4.79 Å². The third kappa shape index (κ3) is 4.38. The minimum atomic E-state index is -0.333. The number of carbonyl (C=O) groups is 1. The lowest BCUT2D eigenvalue weighted by molar-refractivity contribution is -0.129. The van der Waals surface area contributed by atoms with Crippen LogP contribution in [0.4, 0.5) is 0 Å². The van der Waals surface area contributed by atoms with Gasteiger partial charge in [-0.15, -0.1) is 23.1 Å². The summed E-state index contributed by atoms with van der Waals surface area (Å²) in [5.74, 6) is 0.648. The van der Waals surface area contributed by atoms with E-state index in [9.17, 15) is 4.79 Å². The molecule has 0 N–H and O–H groups in total. The number of pyridine rings is 1. The molecule has 1 aliphatic heterocycles. The molecule has 1 aliphatic rings. The first-order chi connectivity index (χ1) is 15.8. The fourth-order valence-corrected chi connectivity index (χ4v) is 5.59. The van der Waals surface area contributed by atoms with Crippen molar-refractivity contribution in [2.24, 2.45) is 0 Å². The molecular weight excluding hydrogens is 434 g/mol. The van der Waals surface area contributed by atoms with Crippen LogP contribution in [0.2, 0.25) is 0 Å². The van der Waals surface area contributed by atoms with Crippen molar-refractivity contribution in [2.45, 2.75) is 5.92 Å². The molecule has 6 heteroatoms. The maximum atomic E-state index is 13.8. The Bertz CT molecular complexity index is 1180. The van der Waals surface area contributed by atoms with Gasteiger partial charge in [-0.3, -0.25) is 9.78 Å². The summed E-state index contributed by atoms with van der Waals surface area (Å²) in [6.45, 7) is 0.700. The number of benzene rings is 2. The van der Waals surface area contributed by atoms with Crippen molar-refractivity contribution in [3.63, 3.8) is 0 Å². The van der Waals surface area contributed by atoms with Crippen molar-refractivity contribution in [1.29, 1.82) is 0 Å². The van der Waals surface area contributed by atoms with Crippen LogP contribution >= 0.6 is 23.1 Å². The summed E-state index contributed by atoms with van der Waals surface area (Å²) in [5, 5.41) is 3.91. The van der Waals surface area contributed by atoms with E-state index < -0.39 is 0 Å². The molecule has 4 nitrogen and oxygen atoms in total. The Hall–Kier alpha value is -3.22. The summed E-state index contributed by atoms with van der Waals surface area (Å²) in [7, 11) is 0. The summed E-state index contributed by atoms with van der Waals surface area (Å²) in [6, 6.07) is 24.0. The van der Waals surface area contributed by atoms with Crippen LogP contribution in [0.3, 0.4) is 0 Å². The third-order valence-electron chi connectivity index (χ3n) is 5.31. The van der Waals surface area contributed by atoms with Crippen LogP contribution in [-0.4, -0.2) is 33.1 Å². The predicted octanol–water partition coefficient (Wildman–Crippen LogP) is 5.91. The molecule has 4 aromatic rings. The van der Waals surface area contributed by atoms with Crippen LogP contribution in [0.5, 0.6) is 0 Å². The molecule has 1 amide bonds. The lowest BCUT2D eigenvalue weighted by Gasteiger charge is -2.24. The van der Waals surface area contributed by atoms with Gasteiger partial charge >= 0.3 is 0 Å². The zero-order valence-electron chi connectivity index (χ0n) is 17.3. The van der Waals surface area contributed by atoms with Gasteiger partial charge in [-0.25, -0.2) is 4.98 Å². The third-order valence-corrected chi connectivity index (χ3v) is 7.24. The van der Waals surface area contributed by atoms with E-state index >= 15 is 0 Å². The lowest BCUT2D eigenvalue weighted by Crippen LogP contribution is -2.32. The first kappa shape index (κ1) is 20.7. The molecule has 0 saturated carbocycles. The first-order valence-electron chi connectivity index (χ1n) is 10.4. The second-order valence-electron chi connectivity index (χ2n) is 7.39. The number of nitrogens with zero attached hydrogens (tertiary/aromatic N) is 3. The van der Waals surface area contributed by atoms with E-state index in [0.29, 0.717) is 6.54 Å². The summed E-state index contributed by atoms with van der Waals surface area (Å²) in [5.41, 5.74) is 3.88. The highest BCUT2D eigenvalue weighted by Gasteiger charge is 2.32. The van der Waals surface area contributed by atoms with Crippen molar-refractivity contribution in [3.05, 3.63) is 112 Å². The molecule has 0 atom stereocenters. The minimum absolute atomic E-state index is 0.0985. The number of thioether (sulfide) groups is 1. The average molecular weight is 456 g/mol. The Balaban J connectivity index is 1.45. The van der Waals surface area contributed by atoms with Crippen LogP contribution in [0.15, 0.2) is 95.6 Å². The lowest BCUT2D eigenvalue weighted by atomic mass is 9.90. The second-order valence-corrected chi connectivity index (χ2v) is 9.37. The summed E-state index contributed by atoms with van der Waals surface area (Å²) < 4.78 is 0. The van der Waals surface area contributed by atoms with Gasteiger partial charge in [-0.05, 0) is 29.3 Å². The van der Waals surface area contributed by atoms with Gasteiger partial charge in [-0.1, -0.05) is 60.7 Å². The van der Waals surface area contributed by atoms with E-state index in [0.717, 1.165) is 38.2 Å². The van der Waals surface area contributed by atoms with Crippen molar-refractivity contribution in [1.82, 2.24) is 14.9 Å².